The standard InChI is InChI=1S/C11H14N2O/c1-7(2)8-6-10-9(12-11(8)14)4-5-13(10)3/h4-7H,1-3H3,(H,12,14). The molecule has 0 bridgehead atoms. The molecule has 0 aliphatic rings. The molecule has 3 heteroatoms. The quantitative estimate of drug-likeness (QED) is 0.733. The summed E-state index contributed by atoms with van der Waals surface area (Å²) < 4.78 is 2.01. The maximum absolute atomic E-state index is 11.6. The highest BCUT2D eigenvalue weighted by atomic mass is 16.1. The maximum Gasteiger partial charge on any atom is 0.251 e. The molecule has 0 saturated heterocycles. The normalized spacial score (nSPS) is 11.4. The van der Waals surface area contributed by atoms with Crippen LogP contribution in [0.5, 0.6) is 0 Å². The highest BCUT2D eigenvalue weighted by molar-refractivity contribution is 5.76. The van der Waals surface area contributed by atoms with Gasteiger partial charge >= 0.3 is 0 Å². The van der Waals surface area contributed by atoms with Crippen molar-refractivity contribution < 1.29 is 0 Å². The van der Waals surface area contributed by atoms with E-state index in [4.69, 9.17) is 0 Å². The van der Waals surface area contributed by atoms with Crippen molar-refractivity contribution in [1.82, 2.24) is 9.55 Å². The van der Waals surface area contributed by atoms with Crippen molar-refractivity contribution in [3.63, 3.8) is 0 Å². The Morgan fingerprint density at radius 1 is 1.43 bits per heavy atom. The zero-order chi connectivity index (χ0) is 10.3. The first-order valence-electron chi connectivity index (χ1n) is 4.78. The summed E-state index contributed by atoms with van der Waals surface area (Å²) in [6.45, 7) is 4.05. The van der Waals surface area contributed by atoms with Gasteiger partial charge in [0.25, 0.3) is 5.56 Å². The van der Waals surface area contributed by atoms with Gasteiger partial charge in [-0.2, -0.15) is 0 Å². The van der Waals surface area contributed by atoms with Crippen molar-refractivity contribution in [3.05, 3.63) is 34.2 Å². The Bertz CT molecular complexity index is 520. The Morgan fingerprint density at radius 2 is 2.14 bits per heavy atom. The van der Waals surface area contributed by atoms with Gasteiger partial charge in [-0.05, 0) is 18.1 Å². The largest absolute Gasteiger partial charge is 0.349 e. The van der Waals surface area contributed by atoms with Gasteiger partial charge in [0.2, 0.25) is 0 Å². The van der Waals surface area contributed by atoms with Gasteiger partial charge in [-0.1, -0.05) is 13.8 Å². The van der Waals surface area contributed by atoms with Crippen molar-refractivity contribution in [3.8, 4) is 0 Å². The molecule has 2 rings (SSSR count). The first-order valence-corrected chi connectivity index (χ1v) is 4.78. The lowest BCUT2D eigenvalue weighted by atomic mass is 10.1. The molecule has 0 aliphatic heterocycles. The van der Waals surface area contributed by atoms with E-state index in [-0.39, 0.29) is 11.5 Å². The van der Waals surface area contributed by atoms with E-state index in [0.717, 1.165) is 16.6 Å². The molecule has 74 valence electrons. The first-order chi connectivity index (χ1) is 6.59. The number of fused-ring (bicyclic) bond motifs is 1. The van der Waals surface area contributed by atoms with Crippen molar-refractivity contribution in [2.45, 2.75) is 19.8 Å². The lowest BCUT2D eigenvalue weighted by Crippen LogP contribution is -2.13. The number of aromatic amines is 1. The Balaban J connectivity index is 2.81. The molecule has 0 unspecified atom stereocenters. The third-order valence-electron chi connectivity index (χ3n) is 2.55. The number of nitrogens with one attached hydrogen (secondary N) is 1. The Hall–Kier alpha value is -1.51. The van der Waals surface area contributed by atoms with Crippen LogP contribution >= 0.6 is 0 Å². The molecule has 2 heterocycles. The second-order valence-corrected chi connectivity index (χ2v) is 3.93. The minimum absolute atomic E-state index is 0.0266. The molecule has 0 spiro atoms. The van der Waals surface area contributed by atoms with Gasteiger partial charge < -0.3 is 9.55 Å². The predicted octanol–water partition coefficient (Wildman–Crippen LogP) is 1.99. The maximum atomic E-state index is 11.6. The van der Waals surface area contributed by atoms with E-state index in [2.05, 4.69) is 4.98 Å². The van der Waals surface area contributed by atoms with Crippen molar-refractivity contribution in [1.29, 1.82) is 0 Å². The van der Waals surface area contributed by atoms with E-state index in [9.17, 15) is 4.79 Å². The average molecular weight is 190 g/mol. The van der Waals surface area contributed by atoms with Gasteiger partial charge in [0, 0.05) is 18.8 Å². The van der Waals surface area contributed by atoms with E-state index in [1.807, 2.05) is 43.8 Å². The van der Waals surface area contributed by atoms with Crippen LogP contribution in [0.1, 0.15) is 25.3 Å². The molecular formula is C11H14N2O. The molecule has 0 fully saturated rings. The molecule has 3 nitrogen and oxygen atoms in total. The molecule has 14 heavy (non-hydrogen) atoms. The van der Waals surface area contributed by atoms with E-state index in [1.54, 1.807) is 0 Å². The SMILES string of the molecule is CC(C)c1cc2c(ccn2C)[nH]c1=O. The summed E-state index contributed by atoms with van der Waals surface area (Å²) in [5.74, 6) is 0.262. The number of aryl methyl sites for hydroxylation is 1. The number of hydrogen-bond acceptors (Lipinski definition) is 1. The zero-order valence-corrected chi connectivity index (χ0v) is 8.66. The van der Waals surface area contributed by atoms with E-state index in [0.29, 0.717) is 0 Å². The van der Waals surface area contributed by atoms with Crippen LogP contribution in [0.2, 0.25) is 0 Å². The number of pyridine rings is 1. The molecule has 0 aromatic carbocycles. The monoisotopic (exact) mass is 190 g/mol. The van der Waals surface area contributed by atoms with Gasteiger partial charge in [0.1, 0.15) is 0 Å². The van der Waals surface area contributed by atoms with Gasteiger partial charge in [-0.25, -0.2) is 0 Å². The highest BCUT2D eigenvalue weighted by Crippen LogP contribution is 2.15. The molecule has 0 amide bonds. The van der Waals surface area contributed by atoms with Crippen LogP contribution in [-0.4, -0.2) is 9.55 Å². The molecule has 0 saturated carbocycles. The smallest absolute Gasteiger partial charge is 0.251 e. The lowest BCUT2D eigenvalue weighted by Gasteiger charge is -2.04. The van der Waals surface area contributed by atoms with E-state index in [1.165, 1.54) is 0 Å². The van der Waals surface area contributed by atoms with Crippen LogP contribution in [0.4, 0.5) is 0 Å². The summed E-state index contributed by atoms with van der Waals surface area (Å²) in [5, 5.41) is 0. The third kappa shape index (κ3) is 1.25. The summed E-state index contributed by atoms with van der Waals surface area (Å²) in [6, 6.07) is 3.89. The fourth-order valence-electron chi connectivity index (χ4n) is 1.66. The fourth-order valence-corrected chi connectivity index (χ4v) is 1.66. The van der Waals surface area contributed by atoms with Crippen molar-refractivity contribution in [2.24, 2.45) is 7.05 Å². The summed E-state index contributed by atoms with van der Waals surface area (Å²) in [6.07, 6.45) is 1.95. The number of rotatable bonds is 1. The highest BCUT2D eigenvalue weighted by Gasteiger charge is 2.07. The number of aromatic nitrogens is 2. The Labute approximate surface area is 82.4 Å². The minimum atomic E-state index is 0.0266. The van der Waals surface area contributed by atoms with Gasteiger partial charge in [-0.3, -0.25) is 4.79 Å². The van der Waals surface area contributed by atoms with Crippen LogP contribution in [0.25, 0.3) is 11.0 Å². The predicted molar refractivity (Wildman–Crippen MR) is 57.6 cm³/mol. The summed E-state index contributed by atoms with van der Waals surface area (Å²) >= 11 is 0. The molecular weight excluding hydrogens is 176 g/mol. The molecule has 0 radical (unpaired) electrons. The summed E-state index contributed by atoms with van der Waals surface area (Å²) in [4.78, 5) is 14.5. The van der Waals surface area contributed by atoms with Gasteiger partial charge in [0.05, 0.1) is 11.0 Å². The summed E-state index contributed by atoms with van der Waals surface area (Å²) in [7, 11) is 1.98. The molecule has 1 N–H and O–H groups in total. The van der Waals surface area contributed by atoms with Gasteiger partial charge in [0.15, 0.2) is 0 Å². The molecule has 2 aromatic rings. The average Bonchev–Trinajstić information content (AvgIpc) is 2.46. The number of hydrogen-bond donors (Lipinski definition) is 1. The number of nitrogens with zero attached hydrogens (tertiary/aromatic N) is 1. The van der Waals surface area contributed by atoms with Gasteiger partial charge in [-0.15, -0.1) is 0 Å². The first kappa shape index (κ1) is 9.06. The van der Waals surface area contributed by atoms with Crippen LogP contribution in [0, 0.1) is 0 Å². The number of H-pyrrole nitrogens is 1. The lowest BCUT2D eigenvalue weighted by molar-refractivity contribution is 0.845. The second kappa shape index (κ2) is 3.01. The van der Waals surface area contributed by atoms with E-state index >= 15 is 0 Å². The van der Waals surface area contributed by atoms with Crippen LogP contribution < -0.4 is 5.56 Å². The minimum Gasteiger partial charge on any atom is -0.349 e. The van der Waals surface area contributed by atoms with Crippen LogP contribution in [0.3, 0.4) is 0 Å². The second-order valence-electron chi connectivity index (χ2n) is 3.93. The van der Waals surface area contributed by atoms with Crippen LogP contribution in [-0.2, 0) is 7.05 Å². The third-order valence-corrected chi connectivity index (χ3v) is 2.55. The Kier molecular flexibility index (Phi) is 1.95. The van der Waals surface area contributed by atoms with Crippen molar-refractivity contribution >= 4 is 11.0 Å². The molecule has 2 aromatic heterocycles. The molecule has 0 atom stereocenters. The summed E-state index contributed by atoms with van der Waals surface area (Å²) in [5.41, 5.74) is 2.85. The van der Waals surface area contributed by atoms with Crippen molar-refractivity contribution in [2.75, 3.05) is 0 Å². The Morgan fingerprint density at radius 3 is 2.79 bits per heavy atom. The molecule has 0 aliphatic carbocycles. The topological polar surface area (TPSA) is 37.8 Å². The zero-order valence-electron chi connectivity index (χ0n) is 8.66. The van der Waals surface area contributed by atoms with Crippen LogP contribution in [0.15, 0.2) is 23.1 Å². The van der Waals surface area contributed by atoms with E-state index < -0.39 is 0 Å². The fraction of sp³-hybridized carbons (Fsp3) is 0.364.